The molecular weight excluding hydrogens is 1770 g/mol. The number of rotatable bonds is 13. The van der Waals surface area contributed by atoms with E-state index in [2.05, 4.69) is 367 Å². The lowest BCUT2D eigenvalue weighted by molar-refractivity contribution is 0.350. The monoisotopic (exact) mass is 1940 g/mol. The van der Waals surface area contributed by atoms with Crippen LogP contribution in [-0.2, 0) is 10.8 Å². The topological polar surface area (TPSA) is 38.9 Å². The molecule has 2 aliphatic carbocycles. The van der Waals surface area contributed by atoms with Crippen LogP contribution in [0.1, 0.15) is 242 Å². The van der Waals surface area contributed by atoms with Crippen LogP contribution in [0.4, 0.5) is 34.1 Å². The first-order chi connectivity index (χ1) is 70.8. The Balaban J connectivity index is 0.000000144. The lowest BCUT2D eigenvalue weighted by Crippen LogP contribution is -2.35. The molecule has 11 aromatic rings. The summed E-state index contributed by atoms with van der Waals surface area (Å²) in [7, 11) is 0. The van der Waals surface area contributed by atoms with E-state index in [-0.39, 0.29) is 61.6 Å². The summed E-state index contributed by atoms with van der Waals surface area (Å²) in [5.74, 6) is -1.34. The summed E-state index contributed by atoms with van der Waals surface area (Å²) < 4.78 is 70.5. The third kappa shape index (κ3) is 19.6. The molecule has 12 heteroatoms. The minimum atomic E-state index is -0.942. The standard InChI is InChI=1S/C26H24N2.C25H28N2.C22H24N2.C20H20N2.C19H24N2.C15H18N2.6CH4/c1-20-11-9-10-16-24(20)28-19-27-18-17-26(25(27)21(28)2,22-12-5-3-6-13-22)23-14-7-4-8-15-23;1-19-10-6-9-15-23(19)27-18-26-17-16-25(24(26)20(27)2,22-13-7-8-14-22)21-11-4-3-5-12-21;1-16-10-8-9-13-19(16)24-17(2)20-22(3,4)14-15-23(20)21(24)18-11-6-5-7-12-18;1-15-8-6-7-11-19(15)22-14-21-13-12-18(20(21)16(22)2)17-9-4-3-5-10-17;1-14-7-3-6-10-18(14)21-13-20-12-11-17(19(20)15(21)2)16-8-4-5-9-16;1-11-6-4-5-7-14(11)17-10-16-9-8-12(2)15(16)13(17)3;;;;;;/h3-18H,19H2,1-2H3;3-6,9-12,15-17,22H,7-8,13-14,18H2,1-2H3;5-15,21H,1-4H3;3-13,18H,14H2,1-2H3;3,6-7,10-12,16-17H,4-5,8-9,13H2,1-2H3;4-9,12H,10H2,1-3H3;6*1H4/i19D;18D;;14D,18D;13D,17D;10D,12D;;;;;;. The van der Waals surface area contributed by atoms with Gasteiger partial charge in [0.2, 0.25) is 0 Å². The van der Waals surface area contributed by atoms with Gasteiger partial charge in [-0.1, -0.05) is 382 Å². The Hall–Kier alpha value is -14.1. The number of benzene rings is 11. The Kier molecular flexibility index (Phi) is 29.7. The fourth-order valence-corrected chi connectivity index (χ4v) is 23.7. The Morgan fingerprint density at radius 1 is 0.290 bits per heavy atom. The molecule has 0 N–H and O–H groups in total. The van der Waals surface area contributed by atoms with E-state index in [0.29, 0.717) is 11.8 Å². The van der Waals surface area contributed by atoms with Gasteiger partial charge in [0, 0.05) is 156 Å². The number of aryl methyl sites for hydroxylation is 6. The van der Waals surface area contributed by atoms with Crippen molar-refractivity contribution in [1.82, 2.24) is 29.4 Å². The average molecular weight is 1940 g/mol. The molecule has 14 aliphatic rings. The highest BCUT2D eigenvalue weighted by atomic mass is 15.4. The molecule has 25 rings (SSSR count). The SMILES string of the molecule is C.C.C.C.C.C.CC1=C2N(C=CC2(C)C)C(c2ccccc2)N1c1ccccc1C.[2H]C1N2C=CC([2H])(C)C2=C(C)N1c1ccccc1C.[2H]C1N2C=CC([2H])(C3CCCC3)C2=C(C)N1c1ccccc1C.[2H]C1N2C=CC([2H])(c3ccccc3)C2=C(C)N1c1ccccc1C.[2H]C1N2C=CC(c3ccccc3)(C3CCCC3)C2=C(C)N1c1ccccc1C.[2H]C1N2C=CC(c3ccccc3)(c3ccccc3)C2=C(C)N1c1ccccc1C. The van der Waals surface area contributed by atoms with E-state index >= 15 is 0 Å². The van der Waals surface area contributed by atoms with Crippen LogP contribution in [0.2, 0.25) is 0 Å². The van der Waals surface area contributed by atoms with Crippen LogP contribution < -0.4 is 29.4 Å². The van der Waals surface area contributed by atoms with Crippen molar-refractivity contribution in [3.05, 3.63) is 500 Å². The van der Waals surface area contributed by atoms with Gasteiger partial charge in [0.15, 0.2) is 0 Å². The number of hydrogen-bond donors (Lipinski definition) is 0. The molecular formula is C133H162N12. The molecule has 0 aromatic heterocycles. The molecule has 10 unspecified atom stereocenters. The highest BCUT2D eigenvalue weighted by Crippen LogP contribution is 2.58. The van der Waals surface area contributed by atoms with E-state index in [0.717, 1.165) is 104 Å². The van der Waals surface area contributed by atoms with Crippen molar-refractivity contribution in [2.24, 2.45) is 29.0 Å². The maximum atomic E-state index is 9.14. The molecule has 0 bridgehead atoms. The van der Waals surface area contributed by atoms with Crippen LogP contribution in [0.25, 0.3) is 0 Å². The Bertz CT molecular complexity index is 7140. The van der Waals surface area contributed by atoms with Gasteiger partial charge in [0.25, 0.3) is 0 Å². The summed E-state index contributed by atoms with van der Waals surface area (Å²) in [6, 6.07) is 103. The van der Waals surface area contributed by atoms with E-state index in [9.17, 15) is 0 Å². The quantitative estimate of drug-likeness (QED) is 0.110. The van der Waals surface area contributed by atoms with Crippen LogP contribution >= 0.6 is 0 Å². The van der Waals surface area contributed by atoms with Crippen LogP contribution in [0, 0.1) is 70.6 Å². The zero-order chi connectivity index (χ0) is 103. The Morgan fingerprint density at radius 2 is 0.628 bits per heavy atom. The summed E-state index contributed by atoms with van der Waals surface area (Å²) in [5.41, 5.74) is 32.8. The molecule has 10 atom stereocenters. The molecule has 11 aromatic carbocycles. The first kappa shape index (κ1) is 95.7. The third-order valence-corrected chi connectivity index (χ3v) is 30.6. The van der Waals surface area contributed by atoms with Crippen molar-refractivity contribution < 1.29 is 11.0 Å². The number of anilines is 6. The second-order valence-electron chi connectivity index (χ2n) is 39.6. The molecule has 0 amide bonds. The lowest BCUT2D eigenvalue weighted by atomic mass is 9.67. The zero-order valence-electron chi connectivity index (χ0n) is 91.4. The minimum Gasteiger partial charge on any atom is -0.331 e. The van der Waals surface area contributed by atoms with Crippen molar-refractivity contribution in [1.29, 1.82) is 0 Å². The maximum absolute atomic E-state index is 9.14. The van der Waals surface area contributed by atoms with Gasteiger partial charge < -0.3 is 58.8 Å². The first-order valence-electron chi connectivity index (χ1n) is 54.3. The molecule has 2 fully saturated rings. The van der Waals surface area contributed by atoms with Gasteiger partial charge in [-0.05, 0) is 224 Å². The Morgan fingerprint density at radius 3 is 1.08 bits per heavy atom. The van der Waals surface area contributed by atoms with E-state index in [1.54, 1.807) is 0 Å². The molecule has 2 saturated carbocycles. The highest BCUT2D eigenvalue weighted by Gasteiger charge is 2.53. The van der Waals surface area contributed by atoms with Crippen molar-refractivity contribution in [2.45, 2.75) is 223 Å². The summed E-state index contributed by atoms with van der Waals surface area (Å²) in [6.45, 7) is 29.3. The minimum absolute atomic E-state index is 0. The number of fused-ring (bicyclic) bond motifs is 6. The van der Waals surface area contributed by atoms with Gasteiger partial charge in [-0.3, -0.25) is 0 Å². The van der Waals surface area contributed by atoms with Gasteiger partial charge in [-0.25, -0.2) is 0 Å². The fourth-order valence-electron chi connectivity index (χ4n) is 23.7. The molecule has 12 nitrogen and oxygen atoms in total. The van der Waals surface area contributed by atoms with Crippen LogP contribution in [0.15, 0.2) is 439 Å². The smallest absolute Gasteiger partial charge is 0.136 e. The summed E-state index contributed by atoms with van der Waals surface area (Å²) in [6.07, 6.45) is 35.0. The zero-order valence-corrected chi connectivity index (χ0v) is 83.4. The number of para-hydroxylation sites is 6. The van der Waals surface area contributed by atoms with Gasteiger partial charge in [0.1, 0.15) is 6.17 Å². The molecule has 0 saturated heterocycles. The predicted octanol–water partition coefficient (Wildman–Crippen LogP) is 33.9. The summed E-state index contributed by atoms with van der Waals surface area (Å²) in [5, 5.41) is 0. The molecule has 12 heterocycles. The van der Waals surface area contributed by atoms with Crippen LogP contribution in [-0.4, -0.2) is 62.6 Å². The van der Waals surface area contributed by atoms with Crippen molar-refractivity contribution in [3.8, 4) is 0 Å². The van der Waals surface area contributed by atoms with Crippen LogP contribution in [0.3, 0.4) is 0 Å². The first-order valence-corrected chi connectivity index (χ1v) is 49.9. The fraction of sp³-hybridized carbons (Fsp3) is 0.323. The number of hydrogen-bond acceptors (Lipinski definition) is 12. The van der Waals surface area contributed by atoms with Crippen molar-refractivity contribution >= 4 is 34.1 Å². The molecule has 754 valence electrons. The van der Waals surface area contributed by atoms with Gasteiger partial charge in [0.05, 0.1) is 62.3 Å². The molecule has 0 spiro atoms. The second kappa shape index (κ2) is 45.0. The van der Waals surface area contributed by atoms with E-state index in [1.165, 1.54) is 112 Å². The highest BCUT2D eigenvalue weighted by molar-refractivity contribution is 5.71. The molecule has 12 aliphatic heterocycles. The van der Waals surface area contributed by atoms with E-state index in [1.807, 2.05) is 167 Å². The van der Waals surface area contributed by atoms with Crippen molar-refractivity contribution in [3.63, 3.8) is 0 Å². The maximum Gasteiger partial charge on any atom is 0.136 e. The second-order valence-corrected chi connectivity index (χ2v) is 39.6. The van der Waals surface area contributed by atoms with Crippen molar-refractivity contribution in [2.75, 3.05) is 62.6 Å². The Labute approximate surface area is 884 Å². The van der Waals surface area contributed by atoms with Gasteiger partial charge in [-0.2, -0.15) is 0 Å². The third-order valence-electron chi connectivity index (χ3n) is 30.6. The van der Waals surface area contributed by atoms with Crippen LogP contribution in [0.5, 0.6) is 0 Å². The van der Waals surface area contributed by atoms with E-state index < -0.39 is 56.3 Å². The lowest BCUT2D eigenvalue weighted by Gasteiger charge is -2.37. The summed E-state index contributed by atoms with van der Waals surface area (Å²) in [4.78, 5) is 25.5. The van der Waals surface area contributed by atoms with Gasteiger partial charge in [-0.15, -0.1) is 0 Å². The number of allylic oxidation sites excluding steroid dienone is 12. The normalized spacial score (nSPS) is 25.8. The molecule has 145 heavy (non-hydrogen) atoms. The number of nitrogens with zero attached hydrogens (tertiary/aromatic N) is 12. The van der Waals surface area contributed by atoms with E-state index in [4.69, 9.17) is 11.0 Å². The van der Waals surface area contributed by atoms with Gasteiger partial charge >= 0.3 is 0 Å². The average Bonchev–Trinajstić information content (AvgIpc) is 1.55. The molecule has 0 radical (unpaired) electrons. The summed E-state index contributed by atoms with van der Waals surface area (Å²) >= 11 is 0. The predicted molar refractivity (Wildman–Crippen MR) is 619 cm³/mol. The largest absolute Gasteiger partial charge is 0.331 e.